The van der Waals surface area contributed by atoms with Crippen LogP contribution in [0.25, 0.3) is 16.9 Å². The number of rotatable bonds is 7. The van der Waals surface area contributed by atoms with Gasteiger partial charge in [-0.15, -0.1) is 0 Å². The summed E-state index contributed by atoms with van der Waals surface area (Å²) in [6, 6.07) is 24.0. The standard InChI is InChI=1S/C26H25FN4OS/c1-3-32-24-15-13-22(14-16-24)28-26(33)30(2)17-20-18-31(23-7-5-4-6-8-23)29-25(20)19-9-11-21(27)12-10-19/h4-16,18H,3,17H2,1-2H3,(H,28,33). The Balaban J connectivity index is 1.55. The number of anilines is 1. The van der Waals surface area contributed by atoms with Gasteiger partial charge in [-0.1, -0.05) is 18.2 Å². The molecule has 0 spiro atoms. The Bertz CT molecular complexity index is 1210. The molecular formula is C26H25FN4OS. The molecule has 0 aliphatic rings. The summed E-state index contributed by atoms with van der Waals surface area (Å²) in [4.78, 5) is 1.95. The second-order valence-corrected chi connectivity index (χ2v) is 7.92. The highest BCUT2D eigenvalue weighted by molar-refractivity contribution is 7.80. The first-order chi connectivity index (χ1) is 16.0. The lowest BCUT2D eigenvalue weighted by Crippen LogP contribution is -2.30. The lowest BCUT2D eigenvalue weighted by atomic mass is 10.1. The lowest BCUT2D eigenvalue weighted by molar-refractivity contribution is 0.340. The van der Waals surface area contributed by atoms with Crippen molar-refractivity contribution < 1.29 is 9.13 Å². The van der Waals surface area contributed by atoms with Gasteiger partial charge in [0.05, 0.1) is 18.0 Å². The summed E-state index contributed by atoms with van der Waals surface area (Å²) in [5.41, 5.74) is 4.44. The van der Waals surface area contributed by atoms with Gasteiger partial charge >= 0.3 is 0 Å². The monoisotopic (exact) mass is 460 g/mol. The third-order valence-corrected chi connectivity index (χ3v) is 5.51. The Kier molecular flexibility index (Phi) is 7.00. The maximum absolute atomic E-state index is 13.5. The molecule has 0 unspecified atom stereocenters. The summed E-state index contributed by atoms with van der Waals surface area (Å²) >= 11 is 5.63. The highest BCUT2D eigenvalue weighted by Crippen LogP contribution is 2.25. The van der Waals surface area contributed by atoms with Crippen LogP contribution in [-0.2, 0) is 6.54 Å². The number of hydrogen-bond acceptors (Lipinski definition) is 3. The molecule has 3 aromatic carbocycles. The number of halogens is 1. The second-order valence-electron chi connectivity index (χ2n) is 7.53. The van der Waals surface area contributed by atoms with Crippen molar-refractivity contribution >= 4 is 23.0 Å². The van der Waals surface area contributed by atoms with Crippen LogP contribution in [0.5, 0.6) is 5.75 Å². The lowest BCUT2D eigenvalue weighted by Gasteiger charge is -2.21. The minimum Gasteiger partial charge on any atom is -0.494 e. The van der Waals surface area contributed by atoms with Crippen molar-refractivity contribution in [3.05, 3.63) is 96.4 Å². The highest BCUT2D eigenvalue weighted by Gasteiger charge is 2.16. The Hall–Kier alpha value is -3.71. The summed E-state index contributed by atoms with van der Waals surface area (Å²) in [5.74, 6) is 0.542. The SMILES string of the molecule is CCOc1ccc(NC(=S)N(C)Cc2cn(-c3ccccc3)nc2-c2ccc(F)cc2)cc1. The van der Waals surface area contributed by atoms with Gasteiger partial charge in [-0.2, -0.15) is 5.10 Å². The Morgan fingerprint density at radius 3 is 2.39 bits per heavy atom. The molecule has 1 aromatic heterocycles. The Labute approximate surface area is 198 Å². The van der Waals surface area contributed by atoms with E-state index in [-0.39, 0.29) is 5.82 Å². The molecule has 0 aliphatic carbocycles. The van der Waals surface area contributed by atoms with E-state index in [4.69, 9.17) is 22.1 Å². The van der Waals surface area contributed by atoms with E-state index >= 15 is 0 Å². The number of ether oxygens (including phenoxy) is 1. The first-order valence-corrected chi connectivity index (χ1v) is 11.1. The normalized spacial score (nSPS) is 10.6. The van der Waals surface area contributed by atoms with E-state index in [9.17, 15) is 4.39 Å². The van der Waals surface area contributed by atoms with Crippen molar-refractivity contribution in [3.8, 4) is 22.7 Å². The summed E-state index contributed by atoms with van der Waals surface area (Å²) in [5, 5.41) is 8.64. The second kappa shape index (κ2) is 10.3. The van der Waals surface area contributed by atoms with Gasteiger partial charge in [0.2, 0.25) is 0 Å². The molecule has 0 aliphatic heterocycles. The van der Waals surface area contributed by atoms with Gasteiger partial charge in [0.15, 0.2) is 5.11 Å². The first-order valence-electron chi connectivity index (χ1n) is 10.7. The number of para-hydroxylation sites is 1. The Morgan fingerprint density at radius 1 is 1.03 bits per heavy atom. The zero-order chi connectivity index (χ0) is 23.2. The molecule has 1 heterocycles. The van der Waals surface area contributed by atoms with Gasteiger partial charge in [0, 0.05) is 36.6 Å². The number of benzene rings is 3. The molecule has 0 bridgehead atoms. The van der Waals surface area contributed by atoms with Gasteiger partial charge in [-0.3, -0.25) is 0 Å². The summed E-state index contributed by atoms with van der Waals surface area (Å²) in [6.45, 7) is 3.11. The summed E-state index contributed by atoms with van der Waals surface area (Å²) in [7, 11) is 1.93. The number of thiocarbonyl (C=S) groups is 1. The molecule has 1 N–H and O–H groups in total. The van der Waals surface area contributed by atoms with Gasteiger partial charge < -0.3 is 15.0 Å². The van der Waals surface area contributed by atoms with Gasteiger partial charge in [0.1, 0.15) is 11.6 Å². The topological polar surface area (TPSA) is 42.3 Å². The van der Waals surface area contributed by atoms with Crippen LogP contribution < -0.4 is 10.1 Å². The van der Waals surface area contributed by atoms with Crippen LogP contribution in [0.1, 0.15) is 12.5 Å². The van der Waals surface area contributed by atoms with Crippen LogP contribution in [0.2, 0.25) is 0 Å². The van der Waals surface area contributed by atoms with E-state index in [1.165, 1.54) is 12.1 Å². The number of nitrogens with one attached hydrogen (secondary N) is 1. The van der Waals surface area contributed by atoms with Crippen molar-refractivity contribution in [3.63, 3.8) is 0 Å². The average molecular weight is 461 g/mol. The van der Waals surface area contributed by atoms with E-state index in [1.807, 2.05) is 84.3 Å². The van der Waals surface area contributed by atoms with Crippen LogP contribution in [0.4, 0.5) is 10.1 Å². The number of nitrogens with zero attached hydrogens (tertiary/aromatic N) is 3. The van der Waals surface area contributed by atoms with Gasteiger partial charge in [0.25, 0.3) is 0 Å². The van der Waals surface area contributed by atoms with Crippen LogP contribution in [-0.4, -0.2) is 33.4 Å². The predicted molar refractivity (Wildman–Crippen MR) is 134 cm³/mol. The van der Waals surface area contributed by atoms with Crippen LogP contribution >= 0.6 is 12.2 Å². The largest absolute Gasteiger partial charge is 0.494 e. The van der Waals surface area contributed by atoms with Crippen molar-refractivity contribution in [1.82, 2.24) is 14.7 Å². The molecule has 0 radical (unpaired) electrons. The molecule has 4 rings (SSSR count). The van der Waals surface area contributed by atoms with E-state index < -0.39 is 0 Å². The molecule has 7 heteroatoms. The Morgan fingerprint density at radius 2 is 1.73 bits per heavy atom. The van der Waals surface area contributed by atoms with Crippen molar-refractivity contribution in [1.29, 1.82) is 0 Å². The molecule has 0 fully saturated rings. The molecule has 0 saturated heterocycles. The van der Waals surface area contributed by atoms with Crippen molar-refractivity contribution in [2.45, 2.75) is 13.5 Å². The zero-order valence-electron chi connectivity index (χ0n) is 18.5. The summed E-state index contributed by atoms with van der Waals surface area (Å²) in [6.07, 6.45) is 1.99. The maximum atomic E-state index is 13.5. The fourth-order valence-electron chi connectivity index (χ4n) is 3.44. The molecule has 0 saturated carbocycles. The summed E-state index contributed by atoms with van der Waals surface area (Å²) < 4.78 is 20.8. The van der Waals surface area contributed by atoms with E-state index in [2.05, 4.69) is 5.32 Å². The first kappa shape index (κ1) is 22.5. The average Bonchev–Trinajstić information content (AvgIpc) is 3.25. The molecular weight excluding hydrogens is 435 g/mol. The van der Waals surface area contributed by atoms with Gasteiger partial charge in [-0.25, -0.2) is 9.07 Å². The molecule has 0 atom stereocenters. The van der Waals surface area contributed by atoms with Crippen LogP contribution in [0.15, 0.2) is 85.1 Å². The van der Waals surface area contributed by atoms with E-state index in [0.717, 1.165) is 33.9 Å². The third kappa shape index (κ3) is 5.56. The van der Waals surface area contributed by atoms with Crippen LogP contribution in [0, 0.1) is 5.82 Å². The van der Waals surface area contributed by atoms with E-state index in [1.54, 1.807) is 12.1 Å². The molecule has 4 aromatic rings. The quantitative estimate of drug-likeness (QED) is 0.348. The molecule has 33 heavy (non-hydrogen) atoms. The fraction of sp³-hybridized carbons (Fsp3) is 0.154. The maximum Gasteiger partial charge on any atom is 0.173 e. The predicted octanol–water partition coefficient (Wildman–Crippen LogP) is 5.91. The minimum absolute atomic E-state index is 0.277. The molecule has 168 valence electrons. The number of aromatic nitrogens is 2. The third-order valence-electron chi connectivity index (χ3n) is 5.10. The fourth-order valence-corrected chi connectivity index (χ4v) is 3.62. The van der Waals surface area contributed by atoms with Crippen molar-refractivity contribution in [2.75, 3.05) is 19.0 Å². The highest BCUT2D eigenvalue weighted by atomic mass is 32.1. The minimum atomic E-state index is -0.277. The molecule has 5 nitrogen and oxygen atoms in total. The zero-order valence-corrected chi connectivity index (χ0v) is 19.3. The van der Waals surface area contributed by atoms with Crippen molar-refractivity contribution in [2.24, 2.45) is 0 Å². The van der Waals surface area contributed by atoms with E-state index in [0.29, 0.717) is 18.3 Å². The molecule has 0 amide bonds. The van der Waals surface area contributed by atoms with Crippen LogP contribution in [0.3, 0.4) is 0 Å². The number of hydrogen-bond donors (Lipinski definition) is 1. The van der Waals surface area contributed by atoms with Gasteiger partial charge in [-0.05, 0) is 79.8 Å². The smallest absolute Gasteiger partial charge is 0.173 e.